The molecule has 190 valence electrons. The predicted octanol–water partition coefficient (Wildman–Crippen LogP) is 1.37. The zero-order valence-electron chi connectivity index (χ0n) is 19.2. The SMILES string of the molecule is OCC1CC(O)C(n2cnc3c(SSc4ncnc5c4ncn5C4CC(CO)CC4O)ncnc32)C1. The second-order valence-corrected chi connectivity index (χ2v) is 11.6. The Bertz CT molecular complexity index is 1280. The first-order valence-electron chi connectivity index (χ1n) is 11.8. The van der Waals surface area contributed by atoms with Gasteiger partial charge in [-0.1, -0.05) is 0 Å². The zero-order chi connectivity index (χ0) is 24.8. The molecule has 4 N–H and O–H groups in total. The average Bonchev–Trinajstić information content (AvgIpc) is 3.67. The van der Waals surface area contributed by atoms with Crippen LogP contribution in [0.4, 0.5) is 0 Å². The monoisotopic (exact) mass is 530 g/mol. The van der Waals surface area contributed by atoms with Crippen molar-refractivity contribution in [3.05, 3.63) is 25.3 Å². The summed E-state index contributed by atoms with van der Waals surface area (Å²) in [5, 5.41) is 41.3. The minimum absolute atomic E-state index is 0.0534. The lowest BCUT2D eigenvalue weighted by Crippen LogP contribution is -2.17. The van der Waals surface area contributed by atoms with Gasteiger partial charge in [-0.15, -0.1) is 0 Å². The summed E-state index contributed by atoms with van der Waals surface area (Å²) in [6, 6.07) is -0.372. The van der Waals surface area contributed by atoms with Gasteiger partial charge >= 0.3 is 0 Å². The molecule has 14 heteroatoms. The quantitative estimate of drug-likeness (QED) is 0.200. The van der Waals surface area contributed by atoms with Crippen molar-refractivity contribution >= 4 is 43.9 Å². The number of aromatic nitrogens is 8. The number of aliphatic hydroxyl groups is 4. The van der Waals surface area contributed by atoms with Gasteiger partial charge in [-0.05, 0) is 59.1 Å². The van der Waals surface area contributed by atoms with Gasteiger partial charge < -0.3 is 29.6 Å². The van der Waals surface area contributed by atoms with Gasteiger partial charge in [0, 0.05) is 13.2 Å². The van der Waals surface area contributed by atoms with Crippen LogP contribution in [0, 0.1) is 11.8 Å². The second-order valence-electron chi connectivity index (χ2n) is 9.48. The Kier molecular flexibility index (Phi) is 6.56. The predicted molar refractivity (Wildman–Crippen MR) is 132 cm³/mol. The molecular weight excluding hydrogens is 504 g/mol. The van der Waals surface area contributed by atoms with Crippen molar-refractivity contribution in [1.29, 1.82) is 0 Å². The lowest BCUT2D eigenvalue weighted by Gasteiger charge is -2.16. The Morgan fingerprint density at radius 1 is 0.667 bits per heavy atom. The topological polar surface area (TPSA) is 168 Å². The fourth-order valence-corrected chi connectivity index (χ4v) is 7.42. The highest BCUT2D eigenvalue weighted by Gasteiger charge is 2.36. The van der Waals surface area contributed by atoms with Crippen molar-refractivity contribution < 1.29 is 20.4 Å². The third-order valence-electron chi connectivity index (χ3n) is 7.27. The summed E-state index contributed by atoms with van der Waals surface area (Å²) in [6.07, 6.45) is 7.65. The molecule has 0 amide bonds. The second kappa shape index (κ2) is 9.84. The number of hydrogen-bond donors (Lipinski definition) is 4. The van der Waals surface area contributed by atoms with Crippen LogP contribution in [0.15, 0.2) is 35.4 Å². The van der Waals surface area contributed by atoms with Gasteiger partial charge in [-0.25, -0.2) is 29.9 Å². The summed E-state index contributed by atoms with van der Waals surface area (Å²) in [7, 11) is 2.78. The summed E-state index contributed by atoms with van der Waals surface area (Å²) in [5.74, 6) is 0.127. The maximum absolute atomic E-state index is 10.5. The van der Waals surface area contributed by atoms with Crippen LogP contribution in [-0.2, 0) is 0 Å². The van der Waals surface area contributed by atoms with Crippen LogP contribution in [0.5, 0.6) is 0 Å². The Balaban J connectivity index is 1.25. The van der Waals surface area contributed by atoms with Gasteiger partial charge in [-0.3, -0.25) is 0 Å². The maximum Gasteiger partial charge on any atom is 0.164 e. The number of fused-ring (bicyclic) bond motifs is 2. The Labute approximate surface area is 213 Å². The highest BCUT2D eigenvalue weighted by atomic mass is 33.1. The number of imidazole rings is 2. The molecule has 36 heavy (non-hydrogen) atoms. The molecule has 2 saturated carbocycles. The van der Waals surface area contributed by atoms with Crippen molar-refractivity contribution in [2.45, 2.75) is 60.0 Å². The maximum atomic E-state index is 10.5. The van der Waals surface area contributed by atoms with E-state index in [-0.39, 0.29) is 37.1 Å². The van der Waals surface area contributed by atoms with E-state index in [4.69, 9.17) is 0 Å². The molecule has 6 unspecified atom stereocenters. The number of hydrogen-bond acceptors (Lipinski definition) is 12. The van der Waals surface area contributed by atoms with Crippen molar-refractivity contribution in [2.24, 2.45) is 11.8 Å². The first-order chi connectivity index (χ1) is 17.6. The summed E-state index contributed by atoms with van der Waals surface area (Å²) in [6.45, 7) is 0.107. The molecule has 6 rings (SSSR count). The molecule has 0 saturated heterocycles. The Morgan fingerprint density at radius 2 is 1.11 bits per heavy atom. The molecule has 4 aromatic heterocycles. The molecule has 4 aromatic rings. The zero-order valence-corrected chi connectivity index (χ0v) is 20.8. The first-order valence-corrected chi connectivity index (χ1v) is 14.0. The fraction of sp³-hybridized carbons (Fsp3) is 0.545. The van der Waals surface area contributed by atoms with E-state index in [9.17, 15) is 20.4 Å². The number of rotatable bonds is 7. The minimum atomic E-state index is -0.560. The standard InChI is InChI=1S/C22H26N8O4S2/c31-5-11-1-13(15(33)3-11)29-9-27-17-19(29)23-7-25-21(17)35-36-22-18-20(24-8-26-22)30(10-28-18)14-2-12(6-32)4-16(14)34/h7-16,31-34H,1-6H2. The third kappa shape index (κ3) is 4.15. The van der Waals surface area contributed by atoms with Crippen molar-refractivity contribution in [3.8, 4) is 0 Å². The molecule has 0 aromatic carbocycles. The van der Waals surface area contributed by atoms with E-state index >= 15 is 0 Å². The molecule has 0 aliphatic heterocycles. The van der Waals surface area contributed by atoms with Gasteiger partial charge in [0.15, 0.2) is 11.3 Å². The van der Waals surface area contributed by atoms with Gasteiger partial charge in [0.2, 0.25) is 0 Å². The highest BCUT2D eigenvalue weighted by Crippen LogP contribution is 2.42. The van der Waals surface area contributed by atoms with E-state index in [0.29, 0.717) is 58.1 Å². The van der Waals surface area contributed by atoms with Crippen LogP contribution in [0.3, 0.4) is 0 Å². The summed E-state index contributed by atoms with van der Waals surface area (Å²) < 4.78 is 3.76. The van der Waals surface area contributed by atoms with Crippen molar-refractivity contribution in [3.63, 3.8) is 0 Å². The summed E-state index contributed by atoms with van der Waals surface area (Å²) in [5.41, 5.74) is 2.55. The Hall–Kier alpha value is -2.36. The van der Waals surface area contributed by atoms with E-state index < -0.39 is 12.2 Å². The van der Waals surface area contributed by atoms with E-state index in [1.165, 1.54) is 34.2 Å². The number of nitrogens with zero attached hydrogens (tertiary/aromatic N) is 8. The van der Waals surface area contributed by atoms with Crippen LogP contribution in [-0.4, -0.2) is 84.9 Å². The van der Waals surface area contributed by atoms with Gasteiger partial charge in [0.1, 0.15) is 33.7 Å². The molecule has 2 fully saturated rings. The molecule has 2 aliphatic carbocycles. The van der Waals surface area contributed by atoms with Crippen molar-refractivity contribution in [1.82, 2.24) is 39.0 Å². The van der Waals surface area contributed by atoms with Gasteiger partial charge in [-0.2, -0.15) is 0 Å². The van der Waals surface area contributed by atoms with E-state index in [1.807, 2.05) is 9.13 Å². The molecule has 0 radical (unpaired) electrons. The molecule has 4 heterocycles. The van der Waals surface area contributed by atoms with E-state index in [2.05, 4.69) is 29.9 Å². The van der Waals surface area contributed by atoms with Crippen LogP contribution < -0.4 is 0 Å². The molecular formula is C22H26N8O4S2. The van der Waals surface area contributed by atoms with Crippen LogP contribution in [0.2, 0.25) is 0 Å². The van der Waals surface area contributed by atoms with Gasteiger partial charge in [0.25, 0.3) is 0 Å². The first kappa shape index (κ1) is 24.0. The average molecular weight is 531 g/mol. The van der Waals surface area contributed by atoms with Crippen LogP contribution >= 0.6 is 21.6 Å². The van der Waals surface area contributed by atoms with Crippen LogP contribution in [0.1, 0.15) is 37.8 Å². The lowest BCUT2D eigenvalue weighted by atomic mass is 10.1. The highest BCUT2D eigenvalue weighted by molar-refractivity contribution is 8.76. The van der Waals surface area contributed by atoms with E-state index in [1.54, 1.807) is 12.7 Å². The van der Waals surface area contributed by atoms with Crippen LogP contribution in [0.25, 0.3) is 22.3 Å². The number of aliphatic hydroxyl groups excluding tert-OH is 4. The summed E-state index contributed by atoms with van der Waals surface area (Å²) in [4.78, 5) is 26.7. The van der Waals surface area contributed by atoms with Crippen molar-refractivity contribution in [2.75, 3.05) is 13.2 Å². The smallest absolute Gasteiger partial charge is 0.164 e. The largest absolute Gasteiger partial charge is 0.396 e. The van der Waals surface area contributed by atoms with E-state index in [0.717, 1.165) is 0 Å². The normalized spacial score (nSPS) is 28.6. The molecule has 2 aliphatic rings. The lowest BCUT2D eigenvalue weighted by molar-refractivity contribution is 0.132. The Morgan fingerprint density at radius 3 is 1.50 bits per heavy atom. The third-order valence-corrected chi connectivity index (χ3v) is 9.46. The molecule has 6 atom stereocenters. The fourth-order valence-electron chi connectivity index (χ4n) is 5.43. The summed E-state index contributed by atoms with van der Waals surface area (Å²) >= 11 is 0. The molecule has 0 bridgehead atoms. The minimum Gasteiger partial charge on any atom is -0.396 e. The van der Waals surface area contributed by atoms with Gasteiger partial charge in [0.05, 0.1) is 36.9 Å². The molecule has 12 nitrogen and oxygen atoms in total. The molecule has 0 spiro atoms.